The highest BCUT2D eigenvalue weighted by Gasteiger charge is 2.10. The average molecular weight is 307 g/mol. The van der Waals surface area contributed by atoms with Gasteiger partial charge in [0.25, 0.3) is 0 Å². The lowest BCUT2D eigenvalue weighted by Gasteiger charge is -2.14. The van der Waals surface area contributed by atoms with Crippen LogP contribution in [-0.2, 0) is 25.7 Å². The Labute approximate surface area is 136 Å². The van der Waals surface area contributed by atoms with Crippen LogP contribution in [-0.4, -0.2) is 11.7 Å². The number of hydrogen-bond donors (Lipinski definition) is 2. The zero-order chi connectivity index (χ0) is 16.2. The van der Waals surface area contributed by atoms with Gasteiger partial charge in [0.2, 0.25) is 0 Å². The van der Waals surface area contributed by atoms with Gasteiger partial charge in [0, 0.05) is 5.56 Å². The molecule has 23 heavy (non-hydrogen) atoms. The van der Waals surface area contributed by atoms with Crippen molar-refractivity contribution in [3.8, 4) is 0 Å². The van der Waals surface area contributed by atoms with E-state index in [-0.39, 0.29) is 0 Å². The van der Waals surface area contributed by atoms with Crippen LogP contribution < -0.4 is 11.2 Å². The smallest absolute Gasteiger partial charge is 0.332 e. The summed E-state index contributed by atoms with van der Waals surface area (Å²) in [6.45, 7) is 1.90. The van der Waals surface area contributed by atoms with Crippen LogP contribution in [0.5, 0.6) is 0 Å². The van der Waals surface area contributed by atoms with Crippen LogP contribution in [0.25, 0.3) is 0 Å². The number of nitrogens with two attached hydrogens (primary N) is 1. The average Bonchev–Trinajstić information content (AvgIpc) is 2.55. The summed E-state index contributed by atoms with van der Waals surface area (Å²) in [6.07, 6.45) is 3.94. The summed E-state index contributed by atoms with van der Waals surface area (Å²) >= 11 is 0. The summed E-state index contributed by atoms with van der Waals surface area (Å²) in [4.78, 5) is 10.9. The molecule has 0 aliphatic heterocycles. The molecule has 0 saturated carbocycles. The minimum absolute atomic E-state index is 0.643. The highest BCUT2D eigenvalue weighted by molar-refractivity contribution is 6.00. The minimum Gasteiger partial charge on any atom is -0.350 e. The van der Waals surface area contributed by atoms with E-state index in [2.05, 4.69) is 53.0 Å². The molecule has 0 saturated heterocycles. The summed E-state index contributed by atoms with van der Waals surface area (Å²) in [5.74, 6) is 0. The van der Waals surface area contributed by atoms with Crippen LogP contribution in [0.1, 0.15) is 34.7 Å². The highest BCUT2D eigenvalue weighted by Crippen LogP contribution is 2.20. The zero-order valence-electron chi connectivity index (χ0n) is 13.3. The van der Waals surface area contributed by atoms with Crippen LogP contribution in [0, 0.1) is 0 Å². The Balaban J connectivity index is 1.96. The van der Waals surface area contributed by atoms with E-state index in [9.17, 15) is 4.79 Å². The fourth-order valence-electron chi connectivity index (χ4n) is 2.97. The molecule has 0 heterocycles. The van der Waals surface area contributed by atoms with E-state index in [0.717, 1.165) is 37.0 Å². The molecule has 2 amide bonds. The van der Waals surface area contributed by atoms with Gasteiger partial charge in [0.1, 0.15) is 0 Å². The maximum Gasteiger partial charge on any atom is 0.332 e. The summed E-state index contributed by atoms with van der Waals surface area (Å²) in [6, 6.07) is 14.8. The number of primary amides is 1. The Kier molecular flexibility index (Phi) is 4.42. The minimum atomic E-state index is -0.643. The summed E-state index contributed by atoms with van der Waals surface area (Å²) in [5.41, 5.74) is 14.5. The quantitative estimate of drug-likeness (QED) is 0.650. The van der Waals surface area contributed by atoms with Gasteiger partial charge in [0.15, 0.2) is 0 Å². The number of amides is 2. The maximum atomic E-state index is 10.9. The lowest BCUT2D eigenvalue weighted by atomic mass is 9.92. The van der Waals surface area contributed by atoms with Crippen molar-refractivity contribution in [1.82, 2.24) is 5.43 Å². The lowest BCUT2D eigenvalue weighted by Crippen LogP contribution is -2.25. The molecule has 0 spiro atoms. The van der Waals surface area contributed by atoms with Crippen LogP contribution in [0.3, 0.4) is 0 Å². The lowest BCUT2D eigenvalue weighted by molar-refractivity contribution is 0.249. The Morgan fingerprint density at radius 3 is 2.17 bits per heavy atom. The van der Waals surface area contributed by atoms with Crippen LogP contribution in [0.2, 0.25) is 0 Å². The predicted octanol–water partition coefficient (Wildman–Crippen LogP) is 2.96. The third-order valence-corrected chi connectivity index (χ3v) is 4.31. The van der Waals surface area contributed by atoms with E-state index >= 15 is 0 Å². The van der Waals surface area contributed by atoms with Gasteiger partial charge in [-0.1, -0.05) is 36.4 Å². The van der Waals surface area contributed by atoms with Crippen LogP contribution in [0.4, 0.5) is 4.79 Å². The maximum absolute atomic E-state index is 10.9. The number of aryl methyl sites for hydroxylation is 4. The van der Waals surface area contributed by atoms with Crippen LogP contribution in [0.15, 0.2) is 47.6 Å². The molecular formula is C19H21N3O. The standard InChI is InChI=1S/C19H21N3O/c1-13(21-22-19(20)23)18-12-16-7-6-14-2-4-15(5-3-14)8-10-17(18)11-9-16/h2-5,9,11-12H,6-8,10H2,1H3,(H3,20,22,23)/b21-13-. The highest BCUT2D eigenvalue weighted by atomic mass is 16.2. The van der Waals surface area contributed by atoms with Gasteiger partial charge in [0.05, 0.1) is 5.71 Å². The second kappa shape index (κ2) is 6.65. The van der Waals surface area contributed by atoms with E-state index in [1.807, 2.05) is 6.92 Å². The SMILES string of the molecule is C/C(=N/NC(N)=O)c1cc2ccc1CCc1ccc(cc1)CC2. The van der Waals surface area contributed by atoms with Crippen molar-refractivity contribution in [1.29, 1.82) is 0 Å². The molecule has 0 radical (unpaired) electrons. The molecular weight excluding hydrogens is 286 g/mol. The van der Waals surface area contributed by atoms with Gasteiger partial charge in [-0.25, -0.2) is 10.2 Å². The first kappa shape index (κ1) is 15.3. The predicted molar refractivity (Wildman–Crippen MR) is 92.6 cm³/mol. The molecule has 4 bridgehead atoms. The number of nitrogens with one attached hydrogen (secondary N) is 1. The molecule has 0 fully saturated rings. The van der Waals surface area contributed by atoms with Gasteiger partial charge >= 0.3 is 6.03 Å². The number of nitrogens with zero attached hydrogens (tertiary/aromatic N) is 1. The summed E-state index contributed by atoms with van der Waals surface area (Å²) in [5, 5.41) is 4.10. The van der Waals surface area contributed by atoms with Gasteiger partial charge in [-0.3, -0.25) is 0 Å². The Morgan fingerprint density at radius 2 is 1.52 bits per heavy atom. The number of rotatable bonds is 2. The van der Waals surface area contributed by atoms with Gasteiger partial charge in [-0.2, -0.15) is 5.10 Å². The Morgan fingerprint density at radius 1 is 0.957 bits per heavy atom. The van der Waals surface area contributed by atoms with E-state index in [4.69, 9.17) is 5.73 Å². The molecule has 0 unspecified atom stereocenters. The van der Waals surface area contributed by atoms with Gasteiger partial charge < -0.3 is 5.73 Å². The number of hydrogen-bond acceptors (Lipinski definition) is 2. The van der Waals surface area contributed by atoms with E-state index in [0.29, 0.717) is 0 Å². The van der Waals surface area contributed by atoms with Crippen molar-refractivity contribution in [2.24, 2.45) is 10.8 Å². The molecule has 0 aromatic heterocycles. The first-order valence-corrected chi connectivity index (χ1v) is 7.91. The molecule has 2 aromatic rings. The van der Waals surface area contributed by atoms with E-state index in [1.165, 1.54) is 22.3 Å². The summed E-state index contributed by atoms with van der Waals surface area (Å²) in [7, 11) is 0. The first-order valence-electron chi connectivity index (χ1n) is 7.91. The fourth-order valence-corrected chi connectivity index (χ4v) is 2.97. The van der Waals surface area contributed by atoms with Crippen molar-refractivity contribution in [3.05, 3.63) is 70.3 Å². The molecule has 4 aliphatic rings. The molecule has 118 valence electrons. The first-order chi connectivity index (χ1) is 11.1. The summed E-state index contributed by atoms with van der Waals surface area (Å²) < 4.78 is 0. The van der Waals surface area contributed by atoms with Crippen molar-refractivity contribution < 1.29 is 4.79 Å². The zero-order valence-corrected chi connectivity index (χ0v) is 13.3. The second-order valence-corrected chi connectivity index (χ2v) is 5.98. The molecule has 4 aliphatic carbocycles. The molecule has 0 atom stereocenters. The Bertz CT molecular complexity index is 748. The number of carbonyl (C=O) groups excluding carboxylic acids is 1. The number of carbonyl (C=O) groups is 1. The normalized spacial score (nSPS) is 14.2. The van der Waals surface area contributed by atoms with Crippen molar-refractivity contribution >= 4 is 11.7 Å². The van der Waals surface area contributed by atoms with E-state index < -0.39 is 6.03 Å². The molecule has 4 nitrogen and oxygen atoms in total. The monoisotopic (exact) mass is 307 g/mol. The number of hydrazone groups is 1. The largest absolute Gasteiger partial charge is 0.350 e. The number of benzene rings is 2. The fraction of sp³-hybridized carbons (Fsp3) is 0.263. The molecule has 6 rings (SSSR count). The number of urea groups is 1. The Hall–Kier alpha value is -2.62. The molecule has 3 N–H and O–H groups in total. The van der Waals surface area contributed by atoms with Gasteiger partial charge in [-0.15, -0.1) is 0 Å². The third kappa shape index (κ3) is 3.77. The van der Waals surface area contributed by atoms with Crippen molar-refractivity contribution in [2.45, 2.75) is 32.6 Å². The van der Waals surface area contributed by atoms with Crippen molar-refractivity contribution in [2.75, 3.05) is 0 Å². The van der Waals surface area contributed by atoms with Gasteiger partial charge in [-0.05, 0) is 60.9 Å². The van der Waals surface area contributed by atoms with Crippen LogP contribution >= 0.6 is 0 Å². The molecule has 2 aromatic carbocycles. The van der Waals surface area contributed by atoms with E-state index in [1.54, 1.807) is 0 Å². The van der Waals surface area contributed by atoms with Crippen molar-refractivity contribution in [3.63, 3.8) is 0 Å². The molecule has 4 heteroatoms. The third-order valence-electron chi connectivity index (χ3n) is 4.31. The second-order valence-electron chi connectivity index (χ2n) is 5.98. The topological polar surface area (TPSA) is 67.5 Å².